The first-order valence-corrected chi connectivity index (χ1v) is 9.71. The molecule has 0 spiro atoms. The minimum Gasteiger partial charge on any atom is -0.377 e. The topological polar surface area (TPSA) is 89.3 Å². The fraction of sp³-hybridized carbons (Fsp3) is 0.350. The van der Waals surface area contributed by atoms with Crippen LogP contribution in [0.15, 0.2) is 36.9 Å². The molecular weight excluding hydrogens is 389 g/mol. The third kappa shape index (κ3) is 2.60. The number of hydrogen-bond donors (Lipinski definition) is 0. The average molecular weight is 409 g/mol. The van der Waals surface area contributed by atoms with Gasteiger partial charge in [0, 0.05) is 26.0 Å². The largest absolute Gasteiger partial charge is 0.377 e. The number of likely N-dealkylation sites (N-methyl/N-ethyl adjacent to an activating group) is 1. The Hall–Kier alpha value is -3.40. The lowest BCUT2D eigenvalue weighted by Crippen LogP contribution is -2.68. The highest BCUT2D eigenvalue weighted by Crippen LogP contribution is 2.41. The molecule has 10 heteroatoms. The maximum absolute atomic E-state index is 13.3. The van der Waals surface area contributed by atoms with Gasteiger partial charge in [0.25, 0.3) is 5.91 Å². The zero-order valence-electron chi connectivity index (χ0n) is 16.6. The number of anilines is 2. The van der Waals surface area contributed by atoms with E-state index in [-0.39, 0.29) is 5.91 Å². The molecule has 1 amide bonds. The van der Waals surface area contributed by atoms with Gasteiger partial charge in [0.1, 0.15) is 22.7 Å². The Bertz CT molecular complexity index is 1120. The number of fused-ring (bicyclic) bond motifs is 3. The van der Waals surface area contributed by atoms with Crippen molar-refractivity contribution in [2.75, 3.05) is 36.6 Å². The average Bonchev–Trinajstić information content (AvgIpc) is 3.27. The van der Waals surface area contributed by atoms with Crippen molar-refractivity contribution in [2.45, 2.75) is 18.9 Å². The van der Waals surface area contributed by atoms with Crippen LogP contribution in [-0.4, -0.2) is 62.8 Å². The summed E-state index contributed by atoms with van der Waals surface area (Å²) in [4.78, 5) is 34.5. The van der Waals surface area contributed by atoms with E-state index in [2.05, 4.69) is 15.0 Å². The van der Waals surface area contributed by atoms with E-state index < -0.39 is 11.4 Å². The van der Waals surface area contributed by atoms with Crippen molar-refractivity contribution >= 4 is 17.4 Å². The Balaban J connectivity index is 1.63. The lowest BCUT2D eigenvalue weighted by molar-refractivity contribution is -0.128. The van der Waals surface area contributed by atoms with Crippen LogP contribution in [0.2, 0.25) is 0 Å². The highest BCUT2D eigenvalue weighted by atomic mass is 19.1. The number of amides is 1. The van der Waals surface area contributed by atoms with Gasteiger partial charge in [-0.05, 0) is 18.6 Å². The SMILES string of the molecule is CC[C@@]12COCCN1c1nc(-n3ccnc3-c3ccc(F)cn3)ncc1N(C)C2=O. The Labute approximate surface area is 172 Å². The standard InChI is InChI=1S/C20H20FN7O2/c1-3-20-12-30-9-8-28(20)17-15(26(2)18(20)29)11-24-19(25-17)27-7-6-22-16(27)14-5-4-13(21)10-23-14/h4-7,10-11H,3,8-9,12H2,1-2H3/t20-/m0/s1. The smallest absolute Gasteiger partial charge is 0.255 e. The highest BCUT2D eigenvalue weighted by Gasteiger charge is 2.52. The molecule has 0 aromatic carbocycles. The lowest BCUT2D eigenvalue weighted by atomic mass is 9.89. The van der Waals surface area contributed by atoms with Crippen LogP contribution in [0.25, 0.3) is 17.5 Å². The Morgan fingerprint density at radius 3 is 2.87 bits per heavy atom. The van der Waals surface area contributed by atoms with Crippen molar-refractivity contribution in [3.63, 3.8) is 0 Å². The summed E-state index contributed by atoms with van der Waals surface area (Å²) in [5, 5.41) is 0. The number of imidazole rings is 1. The molecule has 3 aromatic rings. The van der Waals surface area contributed by atoms with E-state index in [1.807, 2.05) is 11.8 Å². The number of pyridine rings is 1. The van der Waals surface area contributed by atoms with Gasteiger partial charge in [0.05, 0.1) is 25.6 Å². The number of hydrogen-bond acceptors (Lipinski definition) is 7. The molecule has 0 aliphatic carbocycles. The molecule has 0 saturated carbocycles. The summed E-state index contributed by atoms with van der Waals surface area (Å²) in [6.45, 7) is 3.39. The summed E-state index contributed by atoms with van der Waals surface area (Å²) in [6, 6.07) is 2.89. The first-order valence-electron chi connectivity index (χ1n) is 9.71. The molecule has 3 aromatic heterocycles. The molecule has 0 bridgehead atoms. The normalized spacial score (nSPS) is 20.8. The number of ether oxygens (including phenoxy) is 1. The first kappa shape index (κ1) is 18.6. The highest BCUT2D eigenvalue weighted by molar-refractivity contribution is 6.07. The molecule has 2 aliphatic rings. The number of carbonyl (C=O) groups is 1. The van der Waals surface area contributed by atoms with Gasteiger partial charge in [-0.2, -0.15) is 4.98 Å². The van der Waals surface area contributed by atoms with Crippen LogP contribution in [0, 0.1) is 5.82 Å². The molecule has 5 rings (SSSR count). The molecule has 9 nitrogen and oxygen atoms in total. The second-order valence-corrected chi connectivity index (χ2v) is 7.31. The first-order chi connectivity index (χ1) is 14.5. The minimum atomic E-state index is -0.776. The molecule has 154 valence electrons. The van der Waals surface area contributed by atoms with Crippen molar-refractivity contribution < 1.29 is 13.9 Å². The molecule has 0 N–H and O–H groups in total. The van der Waals surface area contributed by atoms with Crippen molar-refractivity contribution in [1.82, 2.24) is 24.5 Å². The van der Waals surface area contributed by atoms with E-state index in [1.165, 1.54) is 6.07 Å². The Morgan fingerprint density at radius 1 is 1.23 bits per heavy atom. The molecule has 0 radical (unpaired) electrons. The van der Waals surface area contributed by atoms with Crippen molar-refractivity contribution in [3.8, 4) is 17.5 Å². The number of aromatic nitrogens is 5. The third-order valence-corrected chi connectivity index (χ3v) is 5.77. The summed E-state index contributed by atoms with van der Waals surface area (Å²) in [5.74, 6) is 1.13. The fourth-order valence-electron chi connectivity index (χ4n) is 4.11. The summed E-state index contributed by atoms with van der Waals surface area (Å²) in [7, 11) is 1.73. The maximum Gasteiger partial charge on any atom is 0.255 e. The summed E-state index contributed by atoms with van der Waals surface area (Å²) >= 11 is 0. The number of halogens is 1. The Morgan fingerprint density at radius 2 is 2.10 bits per heavy atom. The van der Waals surface area contributed by atoms with Gasteiger partial charge in [0.2, 0.25) is 5.95 Å². The van der Waals surface area contributed by atoms with Gasteiger partial charge >= 0.3 is 0 Å². The lowest BCUT2D eigenvalue weighted by Gasteiger charge is -2.51. The van der Waals surface area contributed by atoms with Gasteiger partial charge in [-0.1, -0.05) is 6.92 Å². The van der Waals surface area contributed by atoms with Gasteiger partial charge in [-0.25, -0.2) is 19.3 Å². The van der Waals surface area contributed by atoms with Gasteiger partial charge in [0.15, 0.2) is 11.6 Å². The third-order valence-electron chi connectivity index (χ3n) is 5.77. The zero-order valence-corrected chi connectivity index (χ0v) is 16.6. The molecule has 2 aliphatic heterocycles. The van der Waals surface area contributed by atoms with Crippen LogP contribution in [0.1, 0.15) is 13.3 Å². The quantitative estimate of drug-likeness (QED) is 0.652. The maximum atomic E-state index is 13.3. The number of nitrogens with zero attached hydrogens (tertiary/aromatic N) is 7. The van der Waals surface area contributed by atoms with Crippen LogP contribution in [0.3, 0.4) is 0 Å². The molecule has 1 atom stereocenters. The van der Waals surface area contributed by atoms with E-state index in [9.17, 15) is 9.18 Å². The second-order valence-electron chi connectivity index (χ2n) is 7.31. The number of carbonyl (C=O) groups excluding carboxylic acids is 1. The fourth-order valence-corrected chi connectivity index (χ4v) is 4.11. The molecule has 5 heterocycles. The zero-order chi connectivity index (χ0) is 20.9. The summed E-state index contributed by atoms with van der Waals surface area (Å²) in [6.07, 6.45) is 6.74. The summed E-state index contributed by atoms with van der Waals surface area (Å²) < 4.78 is 20.6. The monoisotopic (exact) mass is 409 g/mol. The summed E-state index contributed by atoms with van der Waals surface area (Å²) in [5.41, 5.74) is 0.377. The van der Waals surface area contributed by atoms with Crippen LogP contribution < -0.4 is 9.80 Å². The number of rotatable bonds is 3. The second kappa shape index (κ2) is 6.84. The predicted molar refractivity (Wildman–Crippen MR) is 107 cm³/mol. The predicted octanol–water partition coefficient (Wildman–Crippen LogP) is 1.83. The number of morpholine rings is 1. The molecule has 30 heavy (non-hydrogen) atoms. The van der Waals surface area contributed by atoms with Crippen molar-refractivity contribution in [2.24, 2.45) is 0 Å². The van der Waals surface area contributed by atoms with Gasteiger partial charge in [-0.15, -0.1) is 0 Å². The van der Waals surface area contributed by atoms with E-state index in [1.54, 1.807) is 41.2 Å². The van der Waals surface area contributed by atoms with Gasteiger partial charge < -0.3 is 14.5 Å². The molecule has 0 unspecified atom stereocenters. The molecule has 1 saturated heterocycles. The van der Waals surface area contributed by atoms with Crippen molar-refractivity contribution in [3.05, 3.63) is 42.7 Å². The van der Waals surface area contributed by atoms with Gasteiger partial charge in [-0.3, -0.25) is 9.36 Å². The van der Waals surface area contributed by atoms with Crippen molar-refractivity contribution in [1.29, 1.82) is 0 Å². The van der Waals surface area contributed by atoms with Crippen LogP contribution in [0.4, 0.5) is 15.9 Å². The van der Waals surface area contributed by atoms with E-state index in [4.69, 9.17) is 9.72 Å². The van der Waals surface area contributed by atoms with Crippen LogP contribution in [-0.2, 0) is 9.53 Å². The van der Waals surface area contributed by atoms with E-state index >= 15 is 0 Å². The van der Waals surface area contributed by atoms with E-state index in [0.29, 0.717) is 55.2 Å². The van der Waals surface area contributed by atoms with E-state index in [0.717, 1.165) is 6.20 Å². The van der Waals surface area contributed by atoms with Crippen LogP contribution in [0.5, 0.6) is 0 Å². The molecular formula is C20H20FN7O2. The minimum absolute atomic E-state index is 0.0209. The Kier molecular flexibility index (Phi) is 4.24. The molecule has 1 fully saturated rings. The van der Waals surface area contributed by atoms with Crippen LogP contribution >= 0.6 is 0 Å².